The average Bonchev–Trinajstić information content (AvgIpc) is 2.31. The van der Waals surface area contributed by atoms with Gasteiger partial charge in [0.25, 0.3) is 0 Å². The molecule has 0 aliphatic rings. The SMILES string of the molecule is CCNC(=O)CN(CC)Cc1ccc(Br)cc1Cl. The summed E-state index contributed by atoms with van der Waals surface area (Å²) in [4.78, 5) is 13.6. The Bertz CT molecular complexity index is 412. The summed E-state index contributed by atoms with van der Waals surface area (Å²) < 4.78 is 0.961. The van der Waals surface area contributed by atoms with Gasteiger partial charge in [0, 0.05) is 22.6 Å². The molecule has 1 N–H and O–H groups in total. The van der Waals surface area contributed by atoms with Crippen molar-refractivity contribution in [1.29, 1.82) is 0 Å². The normalized spacial score (nSPS) is 10.7. The average molecular weight is 334 g/mol. The summed E-state index contributed by atoms with van der Waals surface area (Å²) in [6.07, 6.45) is 0. The van der Waals surface area contributed by atoms with Crippen molar-refractivity contribution in [2.75, 3.05) is 19.6 Å². The maximum absolute atomic E-state index is 11.5. The first-order chi connectivity index (χ1) is 8.56. The van der Waals surface area contributed by atoms with E-state index in [-0.39, 0.29) is 5.91 Å². The van der Waals surface area contributed by atoms with E-state index in [4.69, 9.17) is 11.6 Å². The lowest BCUT2D eigenvalue weighted by Gasteiger charge is -2.20. The Hall–Kier alpha value is -0.580. The van der Waals surface area contributed by atoms with Crippen LogP contribution >= 0.6 is 27.5 Å². The fraction of sp³-hybridized carbons (Fsp3) is 0.462. The second-order valence-electron chi connectivity index (χ2n) is 3.99. The van der Waals surface area contributed by atoms with E-state index in [1.54, 1.807) is 0 Å². The lowest BCUT2D eigenvalue weighted by molar-refractivity contribution is -0.122. The summed E-state index contributed by atoms with van der Waals surface area (Å²) in [5.41, 5.74) is 1.03. The van der Waals surface area contributed by atoms with Gasteiger partial charge >= 0.3 is 0 Å². The van der Waals surface area contributed by atoms with Crippen molar-refractivity contribution in [3.8, 4) is 0 Å². The van der Waals surface area contributed by atoms with Gasteiger partial charge in [-0.15, -0.1) is 0 Å². The highest BCUT2D eigenvalue weighted by Gasteiger charge is 2.10. The van der Waals surface area contributed by atoms with E-state index in [0.717, 1.165) is 21.6 Å². The van der Waals surface area contributed by atoms with Crippen LogP contribution in [-0.4, -0.2) is 30.4 Å². The molecule has 0 atom stereocenters. The molecule has 100 valence electrons. The second kappa shape index (κ2) is 7.77. The van der Waals surface area contributed by atoms with Gasteiger partial charge in [0.05, 0.1) is 6.54 Å². The number of benzene rings is 1. The van der Waals surface area contributed by atoms with E-state index in [1.807, 2.05) is 32.0 Å². The summed E-state index contributed by atoms with van der Waals surface area (Å²) in [6, 6.07) is 5.81. The third-order valence-electron chi connectivity index (χ3n) is 2.60. The minimum atomic E-state index is 0.0487. The minimum Gasteiger partial charge on any atom is -0.355 e. The molecule has 5 heteroatoms. The molecule has 1 aromatic rings. The Kier molecular flexibility index (Phi) is 6.68. The smallest absolute Gasteiger partial charge is 0.234 e. The van der Waals surface area contributed by atoms with E-state index < -0.39 is 0 Å². The molecular weight excluding hydrogens is 316 g/mol. The summed E-state index contributed by atoms with van der Waals surface area (Å²) in [5.74, 6) is 0.0487. The van der Waals surface area contributed by atoms with Crippen LogP contribution in [0.2, 0.25) is 5.02 Å². The molecule has 0 radical (unpaired) electrons. The van der Waals surface area contributed by atoms with Crippen LogP contribution in [0.3, 0.4) is 0 Å². The van der Waals surface area contributed by atoms with Crippen LogP contribution in [0.1, 0.15) is 19.4 Å². The maximum atomic E-state index is 11.5. The largest absolute Gasteiger partial charge is 0.355 e. The molecule has 0 spiro atoms. The van der Waals surface area contributed by atoms with Gasteiger partial charge < -0.3 is 5.32 Å². The summed E-state index contributed by atoms with van der Waals surface area (Å²) in [7, 11) is 0. The van der Waals surface area contributed by atoms with Crippen LogP contribution in [0.5, 0.6) is 0 Å². The van der Waals surface area contributed by atoms with Crippen molar-refractivity contribution < 1.29 is 4.79 Å². The zero-order chi connectivity index (χ0) is 13.5. The first-order valence-electron chi connectivity index (χ1n) is 5.99. The van der Waals surface area contributed by atoms with Gasteiger partial charge in [-0.05, 0) is 31.2 Å². The molecule has 1 amide bonds. The molecule has 0 aromatic heterocycles. The molecule has 0 bridgehead atoms. The van der Waals surface area contributed by atoms with Crippen molar-refractivity contribution in [1.82, 2.24) is 10.2 Å². The molecule has 18 heavy (non-hydrogen) atoms. The number of hydrogen-bond donors (Lipinski definition) is 1. The zero-order valence-corrected chi connectivity index (χ0v) is 13.0. The lowest BCUT2D eigenvalue weighted by atomic mass is 10.2. The van der Waals surface area contributed by atoms with Crippen molar-refractivity contribution in [2.45, 2.75) is 20.4 Å². The molecule has 0 saturated heterocycles. The zero-order valence-electron chi connectivity index (χ0n) is 10.7. The Morgan fingerprint density at radius 3 is 2.72 bits per heavy atom. The Balaban J connectivity index is 2.65. The second-order valence-corrected chi connectivity index (χ2v) is 5.32. The van der Waals surface area contributed by atoms with Crippen molar-refractivity contribution in [2.24, 2.45) is 0 Å². The van der Waals surface area contributed by atoms with Crippen molar-refractivity contribution in [3.05, 3.63) is 33.3 Å². The summed E-state index contributed by atoms with van der Waals surface area (Å²) >= 11 is 9.55. The van der Waals surface area contributed by atoms with Gasteiger partial charge in [0.2, 0.25) is 5.91 Å². The third kappa shape index (κ3) is 4.96. The maximum Gasteiger partial charge on any atom is 0.234 e. The van der Waals surface area contributed by atoms with E-state index in [9.17, 15) is 4.79 Å². The molecule has 0 heterocycles. The highest BCUT2D eigenvalue weighted by Crippen LogP contribution is 2.22. The fourth-order valence-corrected chi connectivity index (χ4v) is 2.36. The molecule has 0 aliphatic carbocycles. The molecule has 0 saturated carbocycles. The van der Waals surface area contributed by atoms with Crippen molar-refractivity contribution >= 4 is 33.4 Å². The minimum absolute atomic E-state index is 0.0487. The first-order valence-corrected chi connectivity index (χ1v) is 7.16. The van der Waals surface area contributed by atoms with Crippen LogP contribution in [0.25, 0.3) is 0 Å². The van der Waals surface area contributed by atoms with Crippen LogP contribution in [0, 0.1) is 0 Å². The lowest BCUT2D eigenvalue weighted by Crippen LogP contribution is -2.36. The van der Waals surface area contributed by atoms with Gasteiger partial charge in [0.1, 0.15) is 0 Å². The van der Waals surface area contributed by atoms with E-state index in [2.05, 4.69) is 26.1 Å². The summed E-state index contributed by atoms with van der Waals surface area (Å²) in [5, 5.41) is 3.52. The number of rotatable bonds is 6. The van der Waals surface area contributed by atoms with E-state index in [0.29, 0.717) is 19.6 Å². The number of hydrogen-bond acceptors (Lipinski definition) is 2. The number of likely N-dealkylation sites (N-methyl/N-ethyl adjacent to an activating group) is 2. The Morgan fingerprint density at radius 1 is 1.44 bits per heavy atom. The van der Waals surface area contributed by atoms with Gasteiger partial charge in [-0.25, -0.2) is 0 Å². The monoisotopic (exact) mass is 332 g/mol. The highest BCUT2D eigenvalue weighted by atomic mass is 79.9. The van der Waals surface area contributed by atoms with Crippen molar-refractivity contribution in [3.63, 3.8) is 0 Å². The molecule has 0 unspecified atom stereocenters. The number of carbonyl (C=O) groups is 1. The molecular formula is C13H18BrClN2O. The number of nitrogens with one attached hydrogen (secondary N) is 1. The molecule has 0 fully saturated rings. The predicted octanol–water partition coefficient (Wildman–Crippen LogP) is 3.06. The van der Waals surface area contributed by atoms with Gasteiger partial charge in [-0.3, -0.25) is 9.69 Å². The molecule has 1 rings (SSSR count). The predicted molar refractivity (Wildman–Crippen MR) is 78.8 cm³/mol. The quantitative estimate of drug-likeness (QED) is 0.868. The Morgan fingerprint density at radius 2 is 2.17 bits per heavy atom. The number of nitrogens with zero attached hydrogens (tertiary/aromatic N) is 1. The van der Waals surface area contributed by atoms with E-state index >= 15 is 0 Å². The van der Waals surface area contributed by atoms with Crippen LogP contribution in [-0.2, 0) is 11.3 Å². The number of amides is 1. The Labute approximate surface area is 122 Å². The molecule has 3 nitrogen and oxygen atoms in total. The highest BCUT2D eigenvalue weighted by molar-refractivity contribution is 9.10. The topological polar surface area (TPSA) is 32.3 Å². The van der Waals surface area contributed by atoms with Crippen LogP contribution < -0.4 is 5.32 Å². The van der Waals surface area contributed by atoms with Gasteiger partial charge in [0.15, 0.2) is 0 Å². The van der Waals surface area contributed by atoms with Crippen LogP contribution in [0.4, 0.5) is 0 Å². The van der Waals surface area contributed by atoms with Gasteiger partial charge in [-0.1, -0.05) is 40.5 Å². The summed E-state index contributed by atoms with van der Waals surface area (Å²) in [6.45, 7) is 6.50. The number of carbonyl (C=O) groups excluding carboxylic acids is 1. The van der Waals surface area contributed by atoms with Crippen LogP contribution in [0.15, 0.2) is 22.7 Å². The fourth-order valence-electron chi connectivity index (χ4n) is 1.63. The van der Waals surface area contributed by atoms with Gasteiger partial charge in [-0.2, -0.15) is 0 Å². The molecule has 1 aromatic carbocycles. The number of halogens is 2. The first kappa shape index (κ1) is 15.5. The van der Waals surface area contributed by atoms with E-state index in [1.165, 1.54) is 0 Å². The standard InChI is InChI=1S/C13H18BrClN2O/c1-3-16-13(18)9-17(4-2)8-10-5-6-11(14)7-12(10)15/h5-7H,3-4,8-9H2,1-2H3,(H,16,18). The molecule has 0 aliphatic heterocycles. The third-order valence-corrected chi connectivity index (χ3v) is 3.44.